The van der Waals surface area contributed by atoms with E-state index in [4.69, 9.17) is 47.0 Å². The van der Waals surface area contributed by atoms with E-state index in [0.717, 1.165) is 11.3 Å². The number of hydrogen-bond acceptors (Lipinski definition) is 2. The van der Waals surface area contributed by atoms with E-state index < -0.39 is 16.0 Å². The fraction of sp³-hybridized carbons (Fsp3) is 0.385. The van der Waals surface area contributed by atoms with Gasteiger partial charge in [0.05, 0.1) is 0 Å². The molecule has 0 fully saturated rings. The van der Waals surface area contributed by atoms with Gasteiger partial charge in [-0.1, -0.05) is 46.9 Å². The highest BCUT2D eigenvalue weighted by molar-refractivity contribution is 7.80. The Labute approximate surface area is 150 Å². The summed E-state index contributed by atoms with van der Waals surface area (Å²) < 4.78 is -1.77. The number of aryl methyl sites for hydroxylation is 1. The van der Waals surface area contributed by atoms with Crippen LogP contribution < -0.4 is 16.0 Å². The molecule has 0 aliphatic rings. The Balaban J connectivity index is 2.73. The Morgan fingerprint density at radius 2 is 1.91 bits per heavy atom. The van der Waals surface area contributed by atoms with Crippen LogP contribution in [0.25, 0.3) is 0 Å². The van der Waals surface area contributed by atoms with E-state index in [1.807, 2.05) is 31.2 Å². The minimum atomic E-state index is -1.77. The highest BCUT2D eigenvalue weighted by Crippen LogP contribution is 2.29. The van der Waals surface area contributed by atoms with Crippen molar-refractivity contribution in [2.75, 3.05) is 19.4 Å². The second kappa shape index (κ2) is 8.06. The number of benzene rings is 1. The topological polar surface area (TPSA) is 56.4 Å². The molecule has 0 spiro atoms. The predicted octanol–water partition coefficient (Wildman–Crippen LogP) is 3.25. The monoisotopic (exact) mass is 382 g/mol. The minimum absolute atomic E-state index is 0.223. The number of carbonyl (C=O) groups is 1. The van der Waals surface area contributed by atoms with Gasteiger partial charge in [-0.15, -0.1) is 0 Å². The average molecular weight is 384 g/mol. The van der Waals surface area contributed by atoms with Crippen molar-refractivity contribution in [2.45, 2.75) is 16.9 Å². The van der Waals surface area contributed by atoms with Crippen molar-refractivity contribution in [2.24, 2.45) is 0 Å². The summed E-state index contributed by atoms with van der Waals surface area (Å²) >= 11 is 22.8. The van der Waals surface area contributed by atoms with Crippen LogP contribution in [0.15, 0.2) is 24.3 Å². The van der Waals surface area contributed by atoms with Crippen LogP contribution in [0.2, 0.25) is 0 Å². The van der Waals surface area contributed by atoms with E-state index in [9.17, 15) is 4.79 Å². The maximum absolute atomic E-state index is 11.7. The second-order valence-corrected chi connectivity index (χ2v) is 7.56. The van der Waals surface area contributed by atoms with Gasteiger partial charge < -0.3 is 20.9 Å². The summed E-state index contributed by atoms with van der Waals surface area (Å²) in [6.45, 7) is 1.96. The van der Waals surface area contributed by atoms with Gasteiger partial charge in [0.25, 0.3) is 0 Å². The van der Waals surface area contributed by atoms with Crippen LogP contribution in [-0.2, 0) is 0 Å². The first-order valence-corrected chi connectivity index (χ1v) is 7.82. The van der Waals surface area contributed by atoms with Crippen molar-refractivity contribution in [3.05, 3.63) is 29.8 Å². The number of urea groups is 1. The lowest BCUT2D eigenvalue weighted by molar-refractivity contribution is 0.212. The van der Waals surface area contributed by atoms with E-state index in [1.54, 1.807) is 14.1 Å². The number of rotatable bonds is 3. The summed E-state index contributed by atoms with van der Waals surface area (Å²) in [5.74, 6) is 0. The quantitative estimate of drug-likeness (QED) is 0.426. The van der Waals surface area contributed by atoms with E-state index in [1.165, 1.54) is 4.90 Å². The zero-order chi connectivity index (χ0) is 16.9. The molecule has 1 atom stereocenters. The molecule has 0 heterocycles. The summed E-state index contributed by atoms with van der Waals surface area (Å²) in [6.07, 6.45) is -0.989. The lowest BCUT2D eigenvalue weighted by atomic mass is 10.2. The molecule has 0 aliphatic carbocycles. The zero-order valence-electron chi connectivity index (χ0n) is 12.3. The van der Waals surface area contributed by atoms with Crippen molar-refractivity contribution in [3.63, 3.8) is 0 Å². The zero-order valence-corrected chi connectivity index (χ0v) is 15.4. The third-order valence-electron chi connectivity index (χ3n) is 2.55. The van der Waals surface area contributed by atoms with E-state index >= 15 is 0 Å². The fourth-order valence-corrected chi connectivity index (χ4v) is 2.04. The molecule has 9 heteroatoms. The molecule has 0 saturated carbocycles. The van der Waals surface area contributed by atoms with Crippen LogP contribution >= 0.6 is 47.0 Å². The van der Waals surface area contributed by atoms with Crippen molar-refractivity contribution >= 4 is 63.9 Å². The fourth-order valence-electron chi connectivity index (χ4n) is 1.47. The highest BCUT2D eigenvalue weighted by atomic mass is 35.6. The maximum atomic E-state index is 11.7. The molecule has 1 rings (SSSR count). The number of carbonyl (C=O) groups excluding carboxylic acids is 1. The van der Waals surface area contributed by atoms with Gasteiger partial charge in [0.15, 0.2) is 11.3 Å². The van der Waals surface area contributed by atoms with Crippen LogP contribution in [-0.4, -0.2) is 40.1 Å². The van der Waals surface area contributed by atoms with Gasteiger partial charge in [0.2, 0.25) is 3.79 Å². The molecule has 1 aromatic rings. The number of alkyl halides is 3. The Morgan fingerprint density at radius 3 is 2.41 bits per heavy atom. The van der Waals surface area contributed by atoms with E-state index in [0.29, 0.717) is 0 Å². The van der Waals surface area contributed by atoms with Crippen molar-refractivity contribution < 1.29 is 4.79 Å². The lowest BCUT2D eigenvalue weighted by Gasteiger charge is -2.28. The lowest BCUT2D eigenvalue weighted by Crippen LogP contribution is -2.57. The highest BCUT2D eigenvalue weighted by Gasteiger charge is 2.35. The number of nitrogens with zero attached hydrogens (tertiary/aromatic N) is 1. The molecule has 1 aromatic carbocycles. The molecule has 2 amide bonds. The number of nitrogens with one attached hydrogen (secondary N) is 3. The molecule has 122 valence electrons. The molecule has 0 aromatic heterocycles. The Bertz CT molecular complexity index is 548. The van der Waals surface area contributed by atoms with E-state index in [2.05, 4.69) is 16.0 Å². The third kappa shape index (κ3) is 6.44. The molecular weight excluding hydrogens is 367 g/mol. The molecule has 22 heavy (non-hydrogen) atoms. The molecule has 0 radical (unpaired) electrons. The Morgan fingerprint density at radius 1 is 1.27 bits per heavy atom. The number of halogens is 3. The molecular formula is C13H17Cl3N4OS. The number of thiocarbonyl (C=S) groups is 1. The summed E-state index contributed by atoms with van der Waals surface area (Å²) in [7, 11) is 3.15. The molecule has 0 saturated heterocycles. The molecule has 0 aliphatic heterocycles. The first-order chi connectivity index (χ1) is 10.1. The molecule has 1 unspecified atom stereocenters. The van der Waals surface area contributed by atoms with Crippen LogP contribution in [0.3, 0.4) is 0 Å². The van der Waals surface area contributed by atoms with Crippen molar-refractivity contribution in [3.8, 4) is 0 Å². The predicted molar refractivity (Wildman–Crippen MR) is 96.8 cm³/mol. The first kappa shape index (κ1) is 19.1. The van der Waals surface area contributed by atoms with Gasteiger partial charge in [0.1, 0.15) is 0 Å². The smallest absolute Gasteiger partial charge is 0.318 e. The van der Waals surface area contributed by atoms with Gasteiger partial charge in [0, 0.05) is 19.8 Å². The number of amides is 2. The molecule has 3 N–H and O–H groups in total. The number of hydrogen-bond donors (Lipinski definition) is 3. The van der Waals surface area contributed by atoms with Gasteiger partial charge >= 0.3 is 6.03 Å². The molecule has 5 nitrogen and oxygen atoms in total. The SMILES string of the molecule is Cc1cccc(NC(=S)NC(NC(=O)N(C)C)C(Cl)(Cl)Cl)c1. The van der Waals surface area contributed by atoms with Gasteiger partial charge in [-0.05, 0) is 36.8 Å². The van der Waals surface area contributed by atoms with Gasteiger partial charge in [-0.2, -0.15) is 0 Å². The summed E-state index contributed by atoms with van der Waals surface area (Å²) in [5.41, 5.74) is 1.87. The third-order valence-corrected chi connectivity index (χ3v) is 3.43. The second-order valence-electron chi connectivity index (χ2n) is 4.79. The van der Waals surface area contributed by atoms with Crippen LogP contribution in [0.4, 0.5) is 10.5 Å². The summed E-state index contributed by atoms with van der Waals surface area (Å²) in [6, 6.07) is 7.20. The number of anilines is 1. The normalized spacial score (nSPS) is 12.3. The summed E-state index contributed by atoms with van der Waals surface area (Å²) in [5, 5.41) is 8.50. The summed E-state index contributed by atoms with van der Waals surface area (Å²) in [4.78, 5) is 13.0. The van der Waals surface area contributed by atoms with Crippen molar-refractivity contribution in [1.82, 2.24) is 15.5 Å². The standard InChI is InChI=1S/C13H17Cl3N4OS/c1-8-5-4-6-9(7-8)17-11(22)18-10(13(14,15)16)19-12(21)20(2)3/h4-7,10H,1-3H3,(H,19,21)(H2,17,18,22). The maximum Gasteiger partial charge on any atom is 0.318 e. The van der Waals surface area contributed by atoms with Gasteiger partial charge in [-0.25, -0.2) is 4.79 Å². The van der Waals surface area contributed by atoms with Crippen molar-refractivity contribution in [1.29, 1.82) is 0 Å². The molecule has 0 bridgehead atoms. The van der Waals surface area contributed by atoms with Gasteiger partial charge in [-0.3, -0.25) is 0 Å². The van der Waals surface area contributed by atoms with E-state index in [-0.39, 0.29) is 5.11 Å². The largest absolute Gasteiger partial charge is 0.339 e. The van der Waals surface area contributed by atoms with Crippen LogP contribution in [0, 0.1) is 6.92 Å². The minimum Gasteiger partial charge on any atom is -0.339 e. The first-order valence-electron chi connectivity index (χ1n) is 6.28. The Kier molecular flexibility index (Phi) is 6.99. The van der Waals surface area contributed by atoms with Crippen LogP contribution in [0.1, 0.15) is 5.56 Å². The Hall–Kier alpha value is -0.950. The average Bonchev–Trinajstić information content (AvgIpc) is 2.36. The van der Waals surface area contributed by atoms with Crippen LogP contribution in [0.5, 0.6) is 0 Å².